The third-order valence-electron chi connectivity index (χ3n) is 3.55. The maximum atomic E-state index is 6.24. The second-order valence-electron chi connectivity index (χ2n) is 5.02. The minimum absolute atomic E-state index is 0.225. The maximum Gasteiger partial charge on any atom is 0.0418 e. The van der Waals surface area contributed by atoms with Crippen molar-refractivity contribution in [1.29, 1.82) is 0 Å². The average molecular weight is 278 g/mol. The van der Waals surface area contributed by atoms with Crippen LogP contribution in [0.15, 0.2) is 30.3 Å². The summed E-state index contributed by atoms with van der Waals surface area (Å²) in [5.41, 5.74) is 8.73. The highest BCUT2D eigenvalue weighted by atomic mass is 35.5. The molecule has 0 radical (unpaired) electrons. The molecular formula is C15H16ClNS. The third-order valence-corrected chi connectivity index (χ3v) is 5.01. The van der Waals surface area contributed by atoms with Gasteiger partial charge in [0.15, 0.2) is 0 Å². The Balaban J connectivity index is 1.94. The average Bonchev–Trinajstić information content (AvgIpc) is 3.09. The number of nitrogens with two attached hydrogens (primary N) is 1. The first kappa shape index (κ1) is 12.2. The highest BCUT2D eigenvalue weighted by Crippen LogP contribution is 2.43. The fourth-order valence-corrected chi connectivity index (χ4v) is 3.58. The van der Waals surface area contributed by atoms with E-state index in [-0.39, 0.29) is 6.04 Å². The van der Waals surface area contributed by atoms with E-state index < -0.39 is 0 Å². The summed E-state index contributed by atoms with van der Waals surface area (Å²) in [4.78, 5) is 2.56. The number of benzene rings is 1. The SMILES string of the molecule is Cc1ccc(Cl)cc1-c1ccc(C(N)C2CC2)s1. The van der Waals surface area contributed by atoms with Crippen LogP contribution in [-0.2, 0) is 0 Å². The van der Waals surface area contributed by atoms with E-state index in [4.69, 9.17) is 17.3 Å². The van der Waals surface area contributed by atoms with Gasteiger partial charge in [0.05, 0.1) is 0 Å². The van der Waals surface area contributed by atoms with E-state index in [1.54, 1.807) is 11.3 Å². The molecule has 2 N–H and O–H groups in total. The predicted molar refractivity (Wildman–Crippen MR) is 79.2 cm³/mol. The van der Waals surface area contributed by atoms with E-state index in [2.05, 4.69) is 25.1 Å². The van der Waals surface area contributed by atoms with E-state index in [0.29, 0.717) is 5.92 Å². The van der Waals surface area contributed by atoms with Crippen LogP contribution in [-0.4, -0.2) is 0 Å². The van der Waals surface area contributed by atoms with Gasteiger partial charge in [-0.05, 0) is 61.1 Å². The summed E-state index contributed by atoms with van der Waals surface area (Å²) in [6.45, 7) is 2.12. The lowest BCUT2D eigenvalue weighted by molar-refractivity contribution is 0.645. The minimum atomic E-state index is 0.225. The van der Waals surface area contributed by atoms with Crippen LogP contribution in [0.25, 0.3) is 10.4 Å². The summed E-state index contributed by atoms with van der Waals surface area (Å²) in [6, 6.07) is 10.6. The molecule has 0 saturated heterocycles. The molecule has 18 heavy (non-hydrogen) atoms. The number of thiophene rings is 1. The molecule has 94 valence electrons. The van der Waals surface area contributed by atoms with Gasteiger partial charge in [0.2, 0.25) is 0 Å². The lowest BCUT2D eigenvalue weighted by Crippen LogP contribution is -2.10. The molecule has 0 aliphatic heterocycles. The number of halogens is 1. The Kier molecular flexibility index (Phi) is 3.18. The van der Waals surface area contributed by atoms with Crippen molar-refractivity contribution in [3.05, 3.63) is 45.8 Å². The van der Waals surface area contributed by atoms with E-state index in [1.807, 2.05) is 12.1 Å². The summed E-state index contributed by atoms with van der Waals surface area (Å²) in [7, 11) is 0. The van der Waals surface area contributed by atoms with Gasteiger partial charge in [-0.25, -0.2) is 0 Å². The third kappa shape index (κ3) is 2.33. The molecule has 0 spiro atoms. The second-order valence-corrected chi connectivity index (χ2v) is 6.58. The first-order valence-electron chi connectivity index (χ1n) is 6.27. The van der Waals surface area contributed by atoms with Crippen molar-refractivity contribution in [2.24, 2.45) is 11.7 Å². The van der Waals surface area contributed by atoms with Crippen molar-refractivity contribution < 1.29 is 0 Å². The van der Waals surface area contributed by atoms with Crippen LogP contribution >= 0.6 is 22.9 Å². The Morgan fingerprint density at radius 1 is 1.28 bits per heavy atom. The fourth-order valence-electron chi connectivity index (χ4n) is 2.22. The molecule has 1 saturated carbocycles. The number of aryl methyl sites for hydroxylation is 1. The largest absolute Gasteiger partial charge is 0.323 e. The van der Waals surface area contributed by atoms with Gasteiger partial charge >= 0.3 is 0 Å². The predicted octanol–water partition coefficient (Wildman–Crippen LogP) is 4.79. The molecule has 1 heterocycles. The Morgan fingerprint density at radius 3 is 2.78 bits per heavy atom. The molecule has 1 fully saturated rings. The van der Waals surface area contributed by atoms with Crippen molar-refractivity contribution in [3.8, 4) is 10.4 Å². The minimum Gasteiger partial charge on any atom is -0.323 e. The molecule has 0 amide bonds. The van der Waals surface area contributed by atoms with Crippen LogP contribution < -0.4 is 5.73 Å². The van der Waals surface area contributed by atoms with Gasteiger partial charge in [-0.3, -0.25) is 0 Å². The van der Waals surface area contributed by atoms with Gasteiger partial charge < -0.3 is 5.73 Å². The molecular weight excluding hydrogens is 262 g/mol. The lowest BCUT2D eigenvalue weighted by Gasteiger charge is -2.07. The fraction of sp³-hybridized carbons (Fsp3) is 0.333. The second kappa shape index (κ2) is 4.69. The van der Waals surface area contributed by atoms with Crippen LogP contribution in [0, 0.1) is 12.8 Å². The van der Waals surface area contributed by atoms with Gasteiger partial charge in [0, 0.05) is 20.8 Å². The zero-order valence-corrected chi connectivity index (χ0v) is 11.9. The van der Waals surface area contributed by atoms with E-state index in [0.717, 1.165) is 5.02 Å². The maximum absolute atomic E-state index is 6.24. The monoisotopic (exact) mass is 277 g/mol. The number of rotatable bonds is 3. The van der Waals surface area contributed by atoms with Crippen molar-refractivity contribution >= 4 is 22.9 Å². The summed E-state index contributed by atoms with van der Waals surface area (Å²) < 4.78 is 0. The smallest absolute Gasteiger partial charge is 0.0418 e. The van der Waals surface area contributed by atoms with Crippen molar-refractivity contribution in [2.45, 2.75) is 25.8 Å². The van der Waals surface area contributed by atoms with Crippen molar-refractivity contribution in [3.63, 3.8) is 0 Å². The molecule has 1 aromatic carbocycles. The highest BCUT2D eigenvalue weighted by molar-refractivity contribution is 7.15. The standard InChI is InChI=1S/C15H16ClNS/c1-9-2-5-11(16)8-12(9)13-6-7-14(18-13)15(17)10-3-4-10/h2,5-8,10,15H,3-4,17H2,1H3. The zero-order chi connectivity index (χ0) is 12.7. The molecule has 1 aliphatic rings. The van der Waals surface area contributed by atoms with Crippen molar-refractivity contribution in [1.82, 2.24) is 0 Å². The molecule has 1 unspecified atom stereocenters. The van der Waals surface area contributed by atoms with Gasteiger partial charge in [0.1, 0.15) is 0 Å². The Labute approximate surface area is 117 Å². The molecule has 0 bridgehead atoms. The molecule has 1 atom stereocenters. The van der Waals surface area contributed by atoms with Gasteiger partial charge in [0.25, 0.3) is 0 Å². The molecule has 1 aliphatic carbocycles. The summed E-state index contributed by atoms with van der Waals surface area (Å²) in [5.74, 6) is 0.706. The summed E-state index contributed by atoms with van der Waals surface area (Å²) in [5, 5.41) is 0.789. The van der Waals surface area contributed by atoms with Crippen molar-refractivity contribution in [2.75, 3.05) is 0 Å². The number of hydrogen-bond acceptors (Lipinski definition) is 2. The van der Waals surface area contributed by atoms with Crippen LogP contribution in [0.2, 0.25) is 5.02 Å². The first-order valence-corrected chi connectivity index (χ1v) is 7.46. The van der Waals surface area contributed by atoms with Crippen LogP contribution in [0.3, 0.4) is 0 Å². The van der Waals surface area contributed by atoms with E-state index >= 15 is 0 Å². The Bertz CT molecular complexity index is 572. The quantitative estimate of drug-likeness (QED) is 0.858. The molecule has 1 nitrogen and oxygen atoms in total. The van der Waals surface area contributed by atoms with Crippen LogP contribution in [0.1, 0.15) is 29.3 Å². The van der Waals surface area contributed by atoms with E-state index in [9.17, 15) is 0 Å². The molecule has 3 rings (SSSR count). The topological polar surface area (TPSA) is 26.0 Å². The normalized spacial score (nSPS) is 16.8. The van der Waals surface area contributed by atoms with E-state index in [1.165, 1.54) is 33.7 Å². The summed E-state index contributed by atoms with van der Waals surface area (Å²) in [6.07, 6.45) is 2.56. The van der Waals surface area contributed by atoms with Crippen LogP contribution in [0.5, 0.6) is 0 Å². The van der Waals surface area contributed by atoms with Gasteiger partial charge in [-0.15, -0.1) is 11.3 Å². The lowest BCUT2D eigenvalue weighted by atomic mass is 10.1. The highest BCUT2D eigenvalue weighted by Gasteiger charge is 2.30. The molecule has 1 aromatic heterocycles. The van der Waals surface area contributed by atoms with Gasteiger partial charge in [-0.2, -0.15) is 0 Å². The summed E-state index contributed by atoms with van der Waals surface area (Å²) >= 11 is 7.88. The van der Waals surface area contributed by atoms with Crippen LogP contribution in [0.4, 0.5) is 0 Å². The first-order chi connectivity index (χ1) is 8.65. The Morgan fingerprint density at radius 2 is 2.06 bits per heavy atom. The molecule has 2 aromatic rings. The van der Waals surface area contributed by atoms with Gasteiger partial charge in [-0.1, -0.05) is 17.7 Å². The molecule has 3 heteroatoms. The Hall–Kier alpha value is -0.830. The number of hydrogen-bond donors (Lipinski definition) is 1. The zero-order valence-electron chi connectivity index (χ0n) is 10.3.